The molecule has 2 aromatic rings. The molecule has 0 unspecified atom stereocenters. The summed E-state index contributed by atoms with van der Waals surface area (Å²) in [6, 6.07) is 8.24. The van der Waals surface area contributed by atoms with Gasteiger partial charge < -0.3 is 14.8 Å². The molecule has 1 aromatic heterocycles. The van der Waals surface area contributed by atoms with E-state index in [1.165, 1.54) is 18.2 Å². The maximum atomic E-state index is 12.8. The van der Waals surface area contributed by atoms with Crippen LogP contribution in [0.3, 0.4) is 0 Å². The molecule has 1 aliphatic rings. The van der Waals surface area contributed by atoms with Gasteiger partial charge in [0.15, 0.2) is 5.16 Å². The summed E-state index contributed by atoms with van der Waals surface area (Å²) in [5.41, 5.74) is 1.76. The van der Waals surface area contributed by atoms with Gasteiger partial charge in [-0.25, -0.2) is 4.98 Å². The smallest absolute Gasteiger partial charge is 0.240 e. The lowest BCUT2D eigenvalue weighted by atomic mass is 10.0. The fourth-order valence-electron chi connectivity index (χ4n) is 3.79. The highest BCUT2D eigenvalue weighted by Gasteiger charge is 2.26. The van der Waals surface area contributed by atoms with Crippen molar-refractivity contribution < 1.29 is 9.59 Å². The highest BCUT2D eigenvalue weighted by atomic mass is 32.2. The Labute approximate surface area is 171 Å². The zero-order valence-corrected chi connectivity index (χ0v) is 17.8. The van der Waals surface area contributed by atoms with E-state index in [1.807, 2.05) is 47.6 Å². The predicted octanol–water partition coefficient (Wildman–Crippen LogP) is 3.44. The number of nitrogens with one attached hydrogen (secondary N) is 1. The minimum atomic E-state index is -0.0478. The summed E-state index contributed by atoms with van der Waals surface area (Å²) >= 11 is 1.43. The highest BCUT2D eigenvalue weighted by molar-refractivity contribution is 7.99. The molecule has 6 nitrogen and oxygen atoms in total. The number of amides is 2. The van der Waals surface area contributed by atoms with Crippen molar-refractivity contribution in [3.8, 4) is 0 Å². The van der Waals surface area contributed by atoms with Gasteiger partial charge in [-0.2, -0.15) is 0 Å². The summed E-state index contributed by atoms with van der Waals surface area (Å²) in [7, 11) is 0. The Morgan fingerprint density at radius 2 is 2.07 bits per heavy atom. The number of fused-ring (bicyclic) bond motifs is 1. The van der Waals surface area contributed by atoms with Crippen LogP contribution in [0.2, 0.25) is 0 Å². The topological polar surface area (TPSA) is 67.2 Å². The van der Waals surface area contributed by atoms with Crippen LogP contribution in [-0.2, 0) is 16.1 Å². The first kappa shape index (κ1) is 20.7. The molecule has 1 fully saturated rings. The number of para-hydroxylation sites is 2. The molecule has 1 saturated heterocycles. The van der Waals surface area contributed by atoms with Gasteiger partial charge in [0.05, 0.1) is 16.8 Å². The van der Waals surface area contributed by atoms with E-state index in [1.54, 1.807) is 0 Å². The first-order chi connectivity index (χ1) is 13.5. The quantitative estimate of drug-likeness (QED) is 0.721. The average Bonchev–Trinajstić information content (AvgIpc) is 3.03. The zero-order valence-electron chi connectivity index (χ0n) is 17.0. The zero-order chi connectivity index (χ0) is 20.1. The Hall–Kier alpha value is -2.02. The third-order valence-corrected chi connectivity index (χ3v) is 6.08. The number of carbonyl (C=O) groups excluding carboxylic acids is 2. The van der Waals surface area contributed by atoms with E-state index in [0.717, 1.165) is 42.0 Å². The van der Waals surface area contributed by atoms with Gasteiger partial charge in [-0.05, 0) is 51.7 Å². The van der Waals surface area contributed by atoms with Gasteiger partial charge in [0.25, 0.3) is 0 Å². The molecule has 0 aliphatic carbocycles. The standard InChI is InChI=1S/C21H30N4O2S/c1-4-16-9-7-8-12-24(16)20(27)14-28-21-23-17-10-5-6-11-18(17)25(21)13-19(26)22-15(2)3/h5-6,10-11,15-16H,4,7-9,12-14H2,1-3H3,(H,22,26)/t16-/m1/s1. The van der Waals surface area contributed by atoms with E-state index in [0.29, 0.717) is 11.8 Å². The molecular formula is C21H30N4O2S. The molecular weight excluding hydrogens is 372 g/mol. The third kappa shape index (κ3) is 4.87. The minimum absolute atomic E-state index is 0.0478. The van der Waals surface area contributed by atoms with Crippen molar-refractivity contribution in [1.29, 1.82) is 0 Å². The lowest BCUT2D eigenvalue weighted by Gasteiger charge is -2.35. The number of hydrogen-bond donors (Lipinski definition) is 1. The average molecular weight is 403 g/mol. The van der Waals surface area contributed by atoms with Gasteiger partial charge in [-0.3, -0.25) is 9.59 Å². The maximum absolute atomic E-state index is 12.8. The van der Waals surface area contributed by atoms with Crippen LogP contribution >= 0.6 is 11.8 Å². The Balaban J connectivity index is 1.75. The molecule has 7 heteroatoms. The van der Waals surface area contributed by atoms with E-state index in [9.17, 15) is 9.59 Å². The largest absolute Gasteiger partial charge is 0.352 e. The molecule has 1 aliphatic heterocycles. The lowest BCUT2D eigenvalue weighted by molar-refractivity contribution is -0.132. The maximum Gasteiger partial charge on any atom is 0.240 e. The molecule has 0 bridgehead atoms. The van der Waals surface area contributed by atoms with Crippen molar-refractivity contribution in [1.82, 2.24) is 19.8 Å². The first-order valence-electron chi connectivity index (χ1n) is 10.2. The number of nitrogens with zero attached hydrogens (tertiary/aromatic N) is 3. The van der Waals surface area contributed by atoms with E-state index in [2.05, 4.69) is 17.2 Å². The highest BCUT2D eigenvalue weighted by Crippen LogP contribution is 2.26. The normalized spacial score (nSPS) is 17.3. The summed E-state index contributed by atoms with van der Waals surface area (Å²) in [4.78, 5) is 31.9. The monoisotopic (exact) mass is 402 g/mol. The fourth-order valence-corrected chi connectivity index (χ4v) is 4.69. The van der Waals surface area contributed by atoms with Crippen molar-refractivity contribution in [2.45, 2.75) is 70.2 Å². The number of aromatic nitrogens is 2. The summed E-state index contributed by atoms with van der Waals surface area (Å²) in [6.45, 7) is 7.10. The van der Waals surface area contributed by atoms with Crippen LogP contribution in [-0.4, -0.2) is 50.6 Å². The van der Waals surface area contributed by atoms with E-state index in [4.69, 9.17) is 0 Å². The number of hydrogen-bond acceptors (Lipinski definition) is 4. The summed E-state index contributed by atoms with van der Waals surface area (Å²) in [6.07, 6.45) is 4.39. The minimum Gasteiger partial charge on any atom is -0.352 e. The summed E-state index contributed by atoms with van der Waals surface area (Å²) < 4.78 is 1.92. The molecule has 152 valence electrons. The van der Waals surface area contributed by atoms with Gasteiger partial charge >= 0.3 is 0 Å². The number of rotatable bonds is 7. The van der Waals surface area contributed by atoms with Crippen molar-refractivity contribution in [3.05, 3.63) is 24.3 Å². The van der Waals surface area contributed by atoms with Gasteiger partial charge in [0.1, 0.15) is 6.54 Å². The van der Waals surface area contributed by atoms with Gasteiger partial charge in [-0.15, -0.1) is 0 Å². The van der Waals surface area contributed by atoms with Crippen molar-refractivity contribution >= 4 is 34.6 Å². The lowest BCUT2D eigenvalue weighted by Crippen LogP contribution is -2.44. The third-order valence-electron chi connectivity index (χ3n) is 5.11. The molecule has 28 heavy (non-hydrogen) atoms. The molecule has 0 saturated carbocycles. The number of benzene rings is 1. The van der Waals surface area contributed by atoms with E-state index < -0.39 is 0 Å². The number of imidazole rings is 1. The second-order valence-electron chi connectivity index (χ2n) is 7.63. The molecule has 1 aromatic carbocycles. The molecule has 0 radical (unpaired) electrons. The van der Waals surface area contributed by atoms with Crippen LogP contribution in [0.5, 0.6) is 0 Å². The first-order valence-corrected chi connectivity index (χ1v) is 11.1. The van der Waals surface area contributed by atoms with Crippen LogP contribution in [0.15, 0.2) is 29.4 Å². The second kappa shape index (κ2) is 9.45. The number of likely N-dealkylation sites (tertiary alicyclic amines) is 1. The molecule has 1 N–H and O–H groups in total. The van der Waals surface area contributed by atoms with E-state index in [-0.39, 0.29) is 24.4 Å². The van der Waals surface area contributed by atoms with Gasteiger partial charge in [0.2, 0.25) is 11.8 Å². The molecule has 2 amide bonds. The van der Waals surface area contributed by atoms with Crippen LogP contribution < -0.4 is 5.32 Å². The van der Waals surface area contributed by atoms with Crippen LogP contribution in [0.1, 0.15) is 46.5 Å². The summed E-state index contributed by atoms with van der Waals surface area (Å²) in [5.74, 6) is 0.473. The number of thioether (sulfide) groups is 1. The van der Waals surface area contributed by atoms with Gasteiger partial charge in [-0.1, -0.05) is 30.8 Å². The number of piperidine rings is 1. The SMILES string of the molecule is CC[C@@H]1CCCCN1C(=O)CSc1nc2ccccc2n1CC(=O)NC(C)C. The van der Waals surface area contributed by atoms with Crippen LogP contribution in [0, 0.1) is 0 Å². The molecule has 3 rings (SSSR count). The van der Waals surface area contributed by atoms with E-state index >= 15 is 0 Å². The Bertz CT molecular complexity index is 833. The van der Waals surface area contributed by atoms with Crippen LogP contribution in [0.4, 0.5) is 0 Å². The summed E-state index contributed by atoms with van der Waals surface area (Å²) in [5, 5.41) is 3.65. The Kier molecular flexibility index (Phi) is 6.99. The van der Waals surface area contributed by atoms with Crippen molar-refractivity contribution in [2.24, 2.45) is 0 Å². The van der Waals surface area contributed by atoms with Crippen LogP contribution in [0.25, 0.3) is 11.0 Å². The van der Waals surface area contributed by atoms with Crippen molar-refractivity contribution in [3.63, 3.8) is 0 Å². The Morgan fingerprint density at radius 3 is 2.82 bits per heavy atom. The predicted molar refractivity (Wildman–Crippen MR) is 113 cm³/mol. The Morgan fingerprint density at radius 1 is 1.29 bits per heavy atom. The fraction of sp³-hybridized carbons (Fsp3) is 0.571. The molecule has 0 spiro atoms. The second-order valence-corrected chi connectivity index (χ2v) is 8.57. The molecule has 1 atom stereocenters. The number of carbonyl (C=O) groups is 2. The molecule has 2 heterocycles. The van der Waals surface area contributed by atoms with Gasteiger partial charge in [0, 0.05) is 18.6 Å². The van der Waals surface area contributed by atoms with Crippen molar-refractivity contribution in [2.75, 3.05) is 12.3 Å².